The van der Waals surface area contributed by atoms with E-state index in [1.54, 1.807) is 12.3 Å². The fraction of sp³-hybridized carbons (Fsp3) is 0.136. The third-order valence-corrected chi connectivity index (χ3v) is 3.73. The molecule has 27 heavy (non-hydrogen) atoms. The van der Waals surface area contributed by atoms with Crippen molar-refractivity contribution in [3.63, 3.8) is 0 Å². The van der Waals surface area contributed by atoms with Crippen LogP contribution in [0.5, 0.6) is 11.5 Å². The standard InChI is InChI=1S/C22H21FN2O2/c1-2-26-22-14-17(15-24-25-20-9-4-3-5-10-20)11-12-21(22)27-16-18-7-6-8-19(23)13-18/h3-15,25H,2,16H2,1H3. The smallest absolute Gasteiger partial charge is 0.161 e. The number of anilines is 1. The maximum absolute atomic E-state index is 13.3. The highest BCUT2D eigenvalue weighted by Gasteiger charge is 2.07. The molecule has 0 saturated carbocycles. The topological polar surface area (TPSA) is 42.8 Å². The Morgan fingerprint density at radius 2 is 1.78 bits per heavy atom. The van der Waals surface area contributed by atoms with E-state index in [-0.39, 0.29) is 12.4 Å². The summed E-state index contributed by atoms with van der Waals surface area (Å²) in [5, 5.41) is 4.23. The zero-order valence-corrected chi connectivity index (χ0v) is 15.1. The number of halogens is 1. The lowest BCUT2D eigenvalue weighted by Gasteiger charge is -2.12. The molecule has 0 radical (unpaired) electrons. The predicted octanol–water partition coefficient (Wildman–Crippen LogP) is 5.25. The lowest BCUT2D eigenvalue weighted by atomic mass is 10.2. The van der Waals surface area contributed by atoms with E-state index in [9.17, 15) is 4.39 Å². The van der Waals surface area contributed by atoms with Gasteiger partial charge in [-0.05, 0) is 60.5 Å². The number of ether oxygens (including phenoxy) is 2. The number of nitrogens with zero attached hydrogens (tertiary/aromatic N) is 1. The normalized spacial score (nSPS) is 10.7. The predicted molar refractivity (Wildman–Crippen MR) is 106 cm³/mol. The van der Waals surface area contributed by atoms with Crippen LogP contribution in [-0.2, 0) is 6.61 Å². The van der Waals surface area contributed by atoms with Gasteiger partial charge in [0.15, 0.2) is 11.5 Å². The lowest BCUT2D eigenvalue weighted by molar-refractivity contribution is 0.269. The quantitative estimate of drug-likeness (QED) is 0.438. The van der Waals surface area contributed by atoms with Crippen LogP contribution in [-0.4, -0.2) is 12.8 Å². The minimum atomic E-state index is -0.279. The van der Waals surface area contributed by atoms with Crippen LogP contribution < -0.4 is 14.9 Å². The minimum Gasteiger partial charge on any atom is -0.490 e. The molecule has 0 atom stereocenters. The van der Waals surface area contributed by atoms with Gasteiger partial charge in [-0.3, -0.25) is 5.43 Å². The number of benzene rings is 3. The molecule has 0 spiro atoms. The van der Waals surface area contributed by atoms with E-state index in [1.807, 2.05) is 61.5 Å². The zero-order chi connectivity index (χ0) is 18.9. The van der Waals surface area contributed by atoms with E-state index in [0.717, 1.165) is 16.8 Å². The zero-order valence-electron chi connectivity index (χ0n) is 15.1. The second-order valence-corrected chi connectivity index (χ2v) is 5.79. The van der Waals surface area contributed by atoms with Gasteiger partial charge in [0, 0.05) is 0 Å². The summed E-state index contributed by atoms with van der Waals surface area (Å²) in [6.45, 7) is 2.69. The number of hydrogen-bond acceptors (Lipinski definition) is 4. The summed E-state index contributed by atoms with van der Waals surface area (Å²) >= 11 is 0. The Kier molecular flexibility index (Phi) is 6.41. The van der Waals surface area contributed by atoms with Gasteiger partial charge in [-0.15, -0.1) is 0 Å². The SMILES string of the molecule is CCOc1cc(C=NNc2ccccc2)ccc1OCc1cccc(F)c1. The molecule has 0 aliphatic carbocycles. The average molecular weight is 364 g/mol. The summed E-state index contributed by atoms with van der Waals surface area (Å²) in [4.78, 5) is 0. The molecule has 0 unspecified atom stereocenters. The summed E-state index contributed by atoms with van der Waals surface area (Å²) in [7, 11) is 0. The Hall–Kier alpha value is -3.34. The third kappa shape index (κ3) is 5.57. The summed E-state index contributed by atoms with van der Waals surface area (Å²) in [5.74, 6) is 0.949. The minimum absolute atomic E-state index is 0.265. The van der Waals surface area contributed by atoms with Gasteiger partial charge < -0.3 is 9.47 Å². The van der Waals surface area contributed by atoms with Crippen molar-refractivity contribution in [2.24, 2.45) is 5.10 Å². The number of rotatable bonds is 8. The van der Waals surface area contributed by atoms with Gasteiger partial charge in [0.1, 0.15) is 12.4 Å². The highest BCUT2D eigenvalue weighted by molar-refractivity contribution is 5.81. The van der Waals surface area contributed by atoms with E-state index in [0.29, 0.717) is 18.1 Å². The molecule has 0 bridgehead atoms. The second-order valence-electron chi connectivity index (χ2n) is 5.79. The van der Waals surface area contributed by atoms with Crippen LogP contribution in [0.15, 0.2) is 77.9 Å². The number of para-hydroxylation sites is 1. The first-order chi connectivity index (χ1) is 13.2. The van der Waals surface area contributed by atoms with Gasteiger partial charge in [-0.1, -0.05) is 30.3 Å². The van der Waals surface area contributed by atoms with Gasteiger partial charge in [-0.25, -0.2) is 4.39 Å². The molecule has 5 heteroatoms. The number of nitrogens with one attached hydrogen (secondary N) is 1. The first-order valence-corrected chi connectivity index (χ1v) is 8.73. The van der Waals surface area contributed by atoms with E-state index in [2.05, 4.69) is 10.5 Å². The second kappa shape index (κ2) is 9.38. The molecule has 3 rings (SSSR count). The van der Waals surface area contributed by atoms with Crippen LogP contribution in [0, 0.1) is 5.82 Å². The van der Waals surface area contributed by atoms with Crippen molar-refractivity contribution in [1.29, 1.82) is 0 Å². The molecule has 4 nitrogen and oxygen atoms in total. The van der Waals surface area contributed by atoms with E-state index in [1.165, 1.54) is 12.1 Å². The Labute approximate surface area is 158 Å². The Morgan fingerprint density at radius 1 is 0.926 bits per heavy atom. The maximum atomic E-state index is 13.3. The monoisotopic (exact) mass is 364 g/mol. The van der Waals surface area contributed by atoms with Crippen molar-refractivity contribution in [2.45, 2.75) is 13.5 Å². The largest absolute Gasteiger partial charge is 0.490 e. The van der Waals surface area contributed by atoms with Crippen LogP contribution in [0.2, 0.25) is 0 Å². The summed E-state index contributed by atoms with van der Waals surface area (Å²) < 4.78 is 24.8. The fourth-order valence-electron chi connectivity index (χ4n) is 2.47. The van der Waals surface area contributed by atoms with Crippen LogP contribution in [0.25, 0.3) is 0 Å². The van der Waals surface area contributed by atoms with Crippen LogP contribution in [0.1, 0.15) is 18.1 Å². The Morgan fingerprint density at radius 3 is 2.56 bits per heavy atom. The molecule has 0 aliphatic heterocycles. The molecule has 3 aromatic carbocycles. The first-order valence-electron chi connectivity index (χ1n) is 8.73. The van der Waals surface area contributed by atoms with Gasteiger partial charge in [-0.2, -0.15) is 5.10 Å². The van der Waals surface area contributed by atoms with Crippen molar-refractivity contribution in [2.75, 3.05) is 12.0 Å². The molecule has 0 aromatic heterocycles. The first kappa shape index (κ1) is 18.5. The summed E-state index contributed by atoms with van der Waals surface area (Å²) in [6, 6.07) is 21.6. The van der Waals surface area contributed by atoms with Crippen molar-refractivity contribution in [3.05, 3.63) is 89.7 Å². The molecule has 0 fully saturated rings. The van der Waals surface area contributed by atoms with Crippen molar-refractivity contribution < 1.29 is 13.9 Å². The molecule has 1 N–H and O–H groups in total. The van der Waals surface area contributed by atoms with Gasteiger partial charge >= 0.3 is 0 Å². The van der Waals surface area contributed by atoms with E-state index < -0.39 is 0 Å². The molecule has 0 heterocycles. The van der Waals surface area contributed by atoms with Gasteiger partial charge in [0.2, 0.25) is 0 Å². The maximum Gasteiger partial charge on any atom is 0.161 e. The number of hydrogen-bond donors (Lipinski definition) is 1. The molecule has 3 aromatic rings. The lowest BCUT2D eigenvalue weighted by Crippen LogP contribution is -2.01. The van der Waals surface area contributed by atoms with Crippen LogP contribution in [0.4, 0.5) is 10.1 Å². The molecule has 0 aliphatic rings. The fourth-order valence-corrected chi connectivity index (χ4v) is 2.47. The van der Waals surface area contributed by atoms with Crippen molar-refractivity contribution in [3.8, 4) is 11.5 Å². The van der Waals surface area contributed by atoms with Crippen LogP contribution in [0.3, 0.4) is 0 Å². The van der Waals surface area contributed by atoms with E-state index in [4.69, 9.17) is 9.47 Å². The molecule has 0 amide bonds. The third-order valence-electron chi connectivity index (χ3n) is 3.73. The highest BCUT2D eigenvalue weighted by atomic mass is 19.1. The number of hydrazone groups is 1. The average Bonchev–Trinajstić information content (AvgIpc) is 2.68. The van der Waals surface area contributed by atoms with Gasteiger partial charge in [0.25, 0.3) is 0 Å². The Bertz CT molecular complexity index is 898. The highest BCUT2D eigenvalue weighted by Crippen LogP contribution is 2.29. The summed E-state index contributed by atoms with van der Waals surface area (Å²) in [6.07, 6.45) is 1.71. The van der Waals surface area contributed by atoms with E-state index >= 15 is 0 Å². The molecular formula is C22H21FN2O2. The molecular weight excluding hydrogens is 343 g/mol. The molecule has 0 saturated heterocycles. The van der Waals surface area contributed by atoms with Crippen molar-refractivity contribution in [1.82, 2.24) is 0 Å². The summed E-state index contributed by atoms with van der Waals surface area (Å²) in [5.41, 5.74) is 5.52. The van der Waals surface area contributed by atoms with Crippen LogP contribution >= 0.6 is 0 Å². The molecule has 138 valence electrons. The van der Waals surface area contributed by atoms with Crippen molar-refractivity contribution >= 4 is 11.9 Å². The Balaban J connectivity index is 1.68. The van der Waals surface area contributed by atoms with Gasteiger partial charge in [0.05, 0.1) is 18.5 Å².